The number of esters is 1. The number of hydrogen-bond acceptors (Lipinski definition) is 4. The number of benzene rings is 3. The minimum atomic E-state index is -0.261. The first kappa shape index (κ1) is 25.0. The Balaban J connectivity index is 1.30. The number of carbonyl (C=O) groups is 2. The molecule has 0 saturated carbocycles. The quantitative estimate of drug-likeness (QED) is 0.238. The number of amides is 1. The molecule has 0 aliphatic rings. The highest BCUT2D eigenvalue weighted by Gasteiger charge is 2.10. The third-order valence-electron chi connectivity index (χ3n) is 5.37. The lowest BCUT2D eigenvalue weighted by Gasteiger charge is -2.12. The molecule has 5 heteroatoms. The first-order chi connectivity index (χ1) is 16.7. The zero-order valence-electron chi connectivity index (χ0n) is 19.6. The van der Waals surface area contributed by atoms with Gasteiger partial charge in [-0.1, -0.05) is 72.8 Å². The molecule has 0 atom stereocenters. The summed E-state index contributed by atoms with van der Waals surface area (Å²) in [5, 5.41) is 2.90. The van der Waals surface area contributed by atoms with E-state index in [0.717, 1.165) is 25.7 Å². The molecule has 0 fully saturated rings. The van der Waals surface area contributed by atoms with Crippen molar-refractivity contribution in [2.24, 2.45) is 0 Å². The van der Waals surface area contributed by atoms with Crippen LogP contribution in [0.1, 0.15) is 43.2 Å². The number of aryl methyl sites for hydroxylation is 2. The van der Waals surface area contributed by atoms with Crippen LogP contribution in [0, 0.1) is 0 Å². The van der Waals surface area contributed by atoms with Gasteiger partial charge in [-0.3, -0.25) is 9.59 Å². The predicted molar refractivity (Wildman–Crippen MR) is 135 cm³/mol. The predicted octanol–water partition coefficient (Wildman–Crippen LogP) is 5.98. The second-order valence-corrected chi connectivity index (χ2v) is 8.15. The minimum Gasteiger partial charge on any atom is -0.491 e. The van der Waals surface area contributed by atoms with E-state index < -0.39 is 0 Å². The van der Waals surface area contributed by atoms with E-state index in [4.69, 9.17) is 9.47 Å². The fraction of sp³-hybridized carbons (Fsp3) is 0.310. The summed E-state index contributed by atoms with van der Waals surface area (Å²) in [6.07, 6.45) is 4.43. The Morgan fingerprint density at radius 1 is 0.647 bits per heavy atom. The number of anilines is 1. The van der Waals surface area contributed by atoms with Gasteiger partial charge < -0.3 is 14.8 Å². The van der Waals surface area contributed by atoms with E-state index in [-0.39, 0.29) is 24.7 Å². The van der Waals surface area contributed by atoms with Crippen LogP contribution in [0.5, 0.6) is 5.75 Å². The van der Waals surface area contributed by atoms with Gasteiger partial charge in [0.05, 0.1) is 18.9 Å². The van der Waals surface area contributed by atoms with Crippen LogP contribution in [0.3, 0.4) is 0 Å². The average molecular weight is 460 g/mol. The van der Waals surface area contributed by atoms with Gasteiger partial charge in [0.1, 0.15) is 5.75 Å². The number of rotatable bonds is 14. The van der Waals surface area contributed by atoms with Crippen molar-refractivity contribution in [3.05, 3.63) is 96.1 Å². The summed E-state index contributed by atoms with van der Waals surface area (Å²) >= 11 is 0. The first-order valence-corrected chi connectivity index (χ1v) is 12.0. The third-order valence-corrected chi connectivity index (χ3v) is 5.37. The van der Waals surface area contributed by atoms with Crippen LogP contribution in [0.2, 0.25) is 0 Å². The summed E-state index contributed by atoms with van der Waals surface area (Å²) < 4.78 is 11.2. The van der Waals surface area contributed by atoms with Gasteiger partial charge in [-0.05, 0) is 55.4 Å². The molecular weight excluding hydrogens is 426 g/mol. The summed E-state index contributed by atoms with van der Waals surface area (Å²) in [5.74, 6) is 0.252. The summed E-state index contributed by atoms with van der Waals surface area (Å²) in [4.78, 5) is 24.3. The second kappa shape index (κ2) is 14.5. The van der Waals surface area contributed by atoms with Crippen LogP contribution in [-0.2, 0) is 27.2 Å². The lowest BCUT2D eigenvalue weighted by Crippen LogP contribution is -2.14. The van der Waals surface area contributed by atoms with Gasteiger partial charge >= 0.3 is 5.97 Å². The van der Waals surface area contributed by atoms with Crippen molar-refractivity contribution < 1.29 is 19.1 Å². The molecule has 0 aliphatic carbocycles. The molecule has 3 aromatic rings. The van der Waals surface area contributed by atoms with E-state index in [1.807, 2.05) is 60.7 Å². The van der Waals surface area contributed by atoms with Crippen LogP contribution in [0.4, 0.5) is 5.69 Å². The Hall–Kier alpha value is -3.60. The summed E-state index contributed by atoms with van der Waals surface area (Å²) in [6.45, 7) is 0.965. The van der Waals surface area contributed by atoms with Crippen LogP contribution < -0.4 is 10.1 Å². The van der Waals surface area contributed by atoms with Gasteiger partial charge in [-0.2, -0.15) is 0 Å². The molecule has 0 spiro atoms. The van der Waals surface area contributed by atoms with Gasteiger partial charge in [0, 0.05) is 12.8 Å². The molecule has 0 bridgehead atoms. The van der Waals surface area contributed by atoms with Crippen LogP contribution in [0.25, 0.3) is 0 Å². The highest BCUT2D eigenvalue weighted by atomic mass is 16.5. The Morgan fingerprint density at radius 3 is 1.91 bits per heavy atom. The van der Waals surface area contributed by atoms with Crippen LogP contribution in [0.15, 0.2) is 84.9 Å². The van der Waals surface area contributed by atoms with Gasteiger partial charge in [-0.15, -0.1) is 0 Å². The lowest BCUT2D eigenvalue weighted by atomic mass is 10.1. The van der Waals surface area contributed by atoms with E-state index in [1.165, 1.54) is 11.1 Å². The highest BCUT2D eigenvalue weighted by molar-refractivity contribution is 5.92. The van der Waals surface area contributed by atoms with Gasteiger partial charge in [0.2, 0.25) is 5.91 Å². The monoisotopic (exact) mass is 459 g/mol. The molecule has 3 aromatic carbocycles. The highest BCUT2D eigenvalue weighted by Crippen LogP contribution is 2.24. The van der Waals surface area contributed by atoms with Crippen molar-refractivity contribution >= 4 is 17.6 Å². The zero-order chi connectivity index (χ0) is 23.8. The SMILES string of the molecule is O=C(CCCC(=O)OCCCc1ccccc1)Nc1ccccc1OCCCc1ccccc1. The maximum atomic E-state index is 12.4. The summed E-state index contributed by atoms with van der Waals surface area (Å²) in [6, 6.07) is 27.8. The Kier molecular flexibility index (Phi) is 10.7. The van der Waals surface area contributed by atoms with Crippen molar-refractivity contribution in [3.8, 4) is 5.75 Å². The number of hydrogen-bond donors (Lipinski definition) is 1. The Morgan fingerprint density at radius 2 is 1.24 bits per heavy atom. The molecule has 0 aromatic heterocycles. The minimum absolute atomic E-state index is 0.141. The molecule has 1 N–H and O–H groups in total. The van der Waals surface area contributed by atoms with E-state index in [2.05, 4.69) is 29.6 Å². The Bertz CT molecular complexity index is 1000. The summed E-state index contributed by atoms with van der Waals surface area (Å²) in [7, 11) is 0. The van der Waals surface area contributed by atoms with Crippen molar-refractivity contribution in [1.29, 1.82) is 0 Å². The molecule has 3 rings (SSSR count). The number of carbonyl (C=O) groups excluding carboxylic acids is 2. The van der Waals surface area contributed by atoms with Crippen molar-refractivity contribution in [2.45, 2.75) is 44.9 Å². The fourth-order valence-corrected chi connectivity index (χ4v) is 3.58. The maximum Gasteiger partial charge on any atom is 0.305 e. The maximum absolute atomic E-state index is 12.4. The van der Waals surface area contributed by atoms with E-state index in [1.54, 1.807) is 0 Å². The third kappa shape index (κ3) is 9.49. The van der Waals surface area contributed by atoms with Crippen molar-refractivity contribution in [3.63, 3.8) is 0 Å². The molecule has 0 aliphatic heterocycles. The topological polar surface area (TPSA) is 64.6 Å². The molecular formula is C29H33NO4. The Labute approximate surface area is 202 Å². The summed E-state index contributed by atoms with van der Waals surface area (Å²) in [5.41, 5.74) is 3.16. The largest absolute Gasteiger partial charge is 0.491 e. The molecule has 178 valence electrons. The molecule has 0 heterocycles. The van der Waals surface area contributed by atoms with Crippen molar-refractivity contribution in [2.75, 3.05) is 18.5 Å². The second-order valence-electron chi connectivity index (χ2n) is 8.15. The van der Waals surface area contributed by atoms with E-state index in [9.17, 15) is 9.59 Å². The lowest BCUT2D eigenvalue weighted by molar-refractivity contribution is -0.143. The molecule has 0 radical (unpaired) electrons. The normalized spacial score (nSPS) is 10.5. The van der Waals surface area contributed by atoms with Crippen molar-refractivity contribution in [1.82, 2.24) is 0 Å². The molecule has 1 amide bonds. The van der Waals surface area contributed by atoms with Gasteiger partial charge in [-0.25, -0.2) is 0 Å². The molecule has 5 nitrogen and oxygen atoms in total. The van der Waals surface area contributed by atoms with Crippen LogP contribution in [-0.4, -0.2) is 25.1 Å². The smallest absolute Gasteiger partial charge is 0.305 e. The number of para-hydroxylation sites is 2. The van der Waals surface area contributed by atoms with Crippen LogP contribution >= 0.6 is 0 Å². The van der Waals surface area contributed by atoms with E-state index >= 15 is 0 Å². The molecule has 34 heavy (non-hydrogen) atoms. The molecule has 0 unspecified atom stereocenters. The first-order valence-electron chi connectivity index (χ1n) is 12.0. The van der Waals surface area contributed by atoms with Gasteiger partial charge in [0.25, 0.3) is 0 Å². The van der Waals surface area contributed by atoms with Gasteiger partial charge in [0.15, 0.2) is 0 Å². The number of nitrogens with one attached hydrogen (secondary N) is 1. The zero-order valence-corrected chi connectivity index (χ0v) is 19.6. The number of ether oxygens (including phenoxy) is 2. The standard InChI is InChI=1S/C29H33NO4/c31-28(20-9-21-29(32)34-23-11-17-25-14-5-2-6-15-25)30-26-18-7-8-19-27(26)33-22-10-16-24-12-3-1-4-13-24/h1-8,12-15,18-19H,9-11,16-17,20-23H2,(H,30,31). The van der Waals surface area contributed by atoms with E-state index in [0.29, 0.717) is 31.1 Å². The average Bonchev–Trinajstić information content (AvgIpc) is 2.87. The fourth-order valence-electron chi connectivity index (χ4n) is 3.58. The molecule has 0 saturated heterocycles.